The van der Waals surface area contributed by atoms with Crippen LogP contribution in [0.5, 0.6) is 5.75 Å². The van der Waals surface area contributed by atoms with Crippen LogP contribution in [0.3, 0.4) is 0 Å². The molecule has 0 aliphatic rings. The molecular formula is C8H9F2NO2. The molecule has 0 spiro atoms. The topological polar surface area (TPSA) is 41.5 Å². The van der Waals surface area contributed by atoms with Crippen molar-refractivity contribution in [1.29, 1.82) is 0 Å². The van der Waals surface area contributed by atoms with Crippen molar-refractivity contribution in [2.75, 3.05) is 19.2 Å². The lowest BCUT2D eigenvalue weighted by atomic mass is 10.2. The lowest BCUT2D eigenvalue weighted by molar-refractivity contribution is 0.324. The van der Waals surface area contributed by atoms with E-state index in [-0.39, 0.29) is 11.4 Å². The smallest absolute Gasteiger partial charge is 0.167 e. The first kappa shape index (κ1) is 9.73. The summed E-state index contributed by atoms with van der Waals surface area (Å²) in [5, 5.41) is 10.7. The summed E-state index contributed by atoms with van der Waals surface area (Å²) >= 11 is 0. The third-order valence-electron chi connectivity index (χ3n) is 1.51. The van der Waals surface area contributed by atoms with E-state index in [0.717, 1.165) is 12.1 Å². The molecule has 0 saturated heterocycles. The highest BCUT2D eigenvalue weighted by atomic mass is 19.1. The van der Waals surface area contributed by atoms with Gasteiger partial charge in [-0.3, -0.25) is 0 Å². The standard InChI is InChI=1S/C8H9F2NO2/c1-13-8-3-5(9)7(11-4-12)2-6(8)10/h2-3,11-12H,4H2,1H3. The van der Waals surface area contributed by atoms with Gasteiger partial charge in [-0.2, -0.15) is 0 Å². The number of hydrogen-bond donors (Lipinski definition) is 2. The maximum atomic E-state index is 13.0. The third-order valence-corrected chi connectivity index (χ3v) is 1.51. The van der Waals surface area contributed by atoms with Crippen LogP contribution in [0.4, 0.5) is 14.5 Å². The van der Waals surface area contributed by atoms with E-state index in [9.17, 15) is 8.78 Å². The number of rotatable bonds is 3. The summed E-state index contributed by atoms with van der Waals surface area (Å²) < 4.78 is 30.5. The minimum absolute atomic E-state index is 0.0965. The summed E-state index contributed by atoms with van der Waals surface area (Å²) in [5.41, 5.74) is -0.0965. The largest absolute Gasteiger partial charge is 0.494 e. The first-order chi connectivity index (χ1) is 6.19. The van der Waals surface area contributed by atoms with Gasteiger partial charge < -0.3 is 15.2 Å². The molecule has 0 amide bonds. The van der Waals surface area contributed by atoms with Gasteiger partial charge in [-0.25, -0.2) is 8.78 Å². The Kier molecular flexibility index (Phi) is 3.02. The number of ether oxygens (including phenoxy) is 1. The molecule has 0 aromatic heterocycles. The van der Waals surface area contributed by atoms with Gasteiger partial charge in [0.15, 0.2) is 11.6 Å². The molecular weight excluding hydrogens is 180 g/mol. The zero-order valence-electron chi connectivity index (χ0n) is 6.97. The average Bonchev–Trinajstić information content (AvgIpc) is 2.11. The molecule has 2 N–H and O–H groups in total. The summed E-state index contributed by atoms with van der Waals surface area (Å²) in [4.78, 5) is 0. The number of aliphatic hydroxyl groups excluding tert-OH is 1. The zero-order chi connectivity index (χ0) is 9.84. The Hall–Kier alpha value is -1.36. The molecule has 1 aromatic carbocycles. The highest BCUT2D eigenvalue weighted by Crippen LogP contribution is 2.24. The van der Waals surface area contributed by atoms with Gasteiger partial charge in [-0.05, 0) is 0 Å². The van der Waals surface area contributed by atoms with Crippen molar-refractivity contribution in [1.82, 2.24) is 0 Å². The highest BCUT2D eigenvalue weighted by Gasteiger charge is 2.09. The van der Waals surface area contributed by atoms with E-state index in [4.69, 9.17) is 5.11 Å². The fourth-order valence-electron chi connectivity index (χ4n) is 0.906. The summed E-state index contributed by atoms with van der Waals surface area (Å²) in [6.45, 7) is -0.456. The molecule has 0 radical (unpaired) electrons. The van der Waals surface area contributed by atoms with Gasteiger partial charge >= 0.3 is 0 Å². The molecule has 72 valence electrons. The second-order valence-electron chi connectivity index (χ2n) is 2.30. The summed E-state index contributed by atoms with van der Waals surface area (Å²) in [5.74, 6) is -1.52. The first-order valence-electron chi connectivity index (χ1n) is 3.56. The third kappa shape index (κ3) is 2.06. The van der Waals surface area contributed by atoms with Crippen molar-refractivity contribution < 1.29 is 18.6 Å². The van der Waals surface area contributed by atoms with E-state index in [1.165, 1.54) is 7.11 Å². The fraction of sp³-hybridized carbons (Fsp3) is 0.250. The quantitative estimate of drug-likeness (QED) is 0.705. The summed E-state index contributed by atoms with van der Waals surface area (Å²) in [7, 11) is 1.25. The average molecular weight is 189 g/mol. The van der Waals surface area contributed by atoms with Crippen molar-refractivity contribution >= 4 is 5.69 Å². The molecule has 3 nitrogen and oxygen atoms in total. The highest BCUT2D eigenvalue weighted by molar-refractivity contribution is 5.48. The van der Waals surface area contributed by atoms with Crippen molar-refractivity contribution in [3.05, 3.63) is 23.8 Å². The summed E-state index contributed by atoms with van der Waals surface area (Å²) in [6.07, 6.45) is 0. The predicted molar refractivity (Wildman–Crippen MR) is 43.6 cm³/mol. The number of benzene rings is 1. The van der Waals surface area contributed by atoms with Gasteiger partial charge in [0.25, 0.3) is 0 Å². The molecule has 0 saturated carbocycles. The van der Waals surface area contributed by atoms with Crippen LogP contribution >= 0.6 is 0 Å². The lowest BCUT2D eigenvalue weighted by Crippen LogP contribution is -2.03. The minimum Gasteiger partial charge on any atom is -0.494 e. The van der Waals surface area contributed by atoms with Gasteiger partial charge in [0.05, 0.1) is 12.8 Å². The van der Waals surface area contributed by atoms with Gasteiger partial charge in [-0.15, -0.1) is 0 Å². The number of nitrogens with one attached hydrogen (secondary N) is 1. The number of halogens is 2. The van der Waals surface area contributed by atoms with E-state index < -0.39 is 18.4 Å². The maximum absolute atomic E-state index is 13.0. The van der Waals surface area contributed by atoms with Crippen LogP contribution in [0.15, 0.2) is 12.1 Å². The monoisotopic (exact) mass is 189 g/mol. The molecule has 1 aromatic rings. The van der Waals surface area contributed by atoms with Crippen LogP contribution in [0.1, 0.15) is 0 Å². The first-order valence-corrected chi connectivity index (χ1v) is 3.56. The van der Waals surface area contributed by atoms with Crippen LogP contribution in [0, 0.1) is 11.6 Å². The molecule has 0 bridgehead atoms. The molecule has 0 fully saturated rings. The molecule has 0 aliphatic carbocycles. The van der Waals surface area contributed by atoms with E-state index in [1.54, 1.807) is 0 Å². The van der Waals surface area contributed by atoms with E-state index in [0.29, 0.717) is 0 Å². The van der Waals surface area contributed by atoms with E-state index in [2.05, 4.69) is 10.1 Å². The molecule has 0 aliphatic heterocycles. The normalized spacial score (nSPS) is 9.85. The van der Waals surface area contributed by atoms with E-state index in [1.807, 2.05) is 0 Å². The number of aliphatic hydroxyl groups is 1. The molecule has 0 atom stereocenters. The number of hydrogen-bond acceptors (Lipinski definition) is 3. The Morgan fingerprint density at radius 2 is 2.08 bits per heavy atom. The number of anilines is 1. The van der Waals surface area contributed by atoms with Gasteiger partial charge in [0.2, 0.25) is 0 Å². The maximum Gasteiger partial charge on any atom is 0.167 e. The molecule has 1 rings (SSSR count). The second-order valence-corrected chi connectivity index (χ2v) is 2.30. The van der Waals surface area contributed by atoms with Gasteiger partial charge in [0, 0.05) is 12.1 Å². The van der Waals surface area contributed by atoms with Crippen LogP contribution < -0.4 is 10.1 Å². The minimum atomic E-state index is -0.681. The van der Waals surface area contributed by atoms with Crippen molar-refractivity contribution in [3.63, 3.8) is 0 Å². The SMILES string of the molecule is COc1cc(F)c(NCO)cc1F. The summed E-state index contributed by atoms with van der Waals surface area (Å²) in [6, 6.07) is 1.83. The lowest BCUT2D eigenvalue weighted by Gasteiger charge is -2.07. The Bertz CT molecular complexity index is 304. The molecule has 0 heterocycles. The van der Waals surface area contributed by atoms with Crippen LogP contribution in [-0.4, -0.2) is 18.9 Å². The molecule has 0 unspecified atom stereocenters. The van der Waals surface area contributed by atoms with Gasteiger partial charge in [-0.1, -0.05) is 0 Å². The Morgan fingerprint density at radius 3 is 2.62 bits per heavy atom. The van der Waals surface area contributed by atoms with Crippen LogP contribution in [0.25, 0.3) is 0 Å². The molecule has 13 heavy (non-hydrogen) atoms. The van der Waals surface area contributed by atoms with Crippen molar-refractivity contribution in [2.24, 2.45) is 0 Å². The van der Waals surface area contributed by atoms with Crippen LogP contribution in [-0.2, 0) is 0 Å². The Labute approximate surface area is 73.9 Å². The zero-order valence-corrected chi connectivity index (χ0v) is 6.97. The Balaban J connectivity index is 3.05. The number of methoxy groups -OCH3 is 1. The molecule has 5 heteroatoms. The van der Waals surface area contributed by atoms with Crippen molar-refractivity contribution in [3.8, 4) is 5.75 Å². The van der Waals surface area contributed by atoms with Gasteiger partial charge in [0.1, 0.15) is 12.5 Å². The van der Waals surface area contributed by atoms with E-state index >= 15 is 0 Å². The van der Waals surface area contributed by atoms with Crippen LogP contribution in [0.2, 0.25) is 0 Å². The fourth-order valence-corrected chi connectivity index (χ4v) is 0.906. The second kappa shape index (κ2) is 4.04. The Morgan fingerprint density at radius 1 is 1.38 bits per heavy atom. The van der Waals surface area contributed by atoms with Crippen molar-refractivity contribution in [2.45, 2.75) is 0 Å². The predicted octanol–water partition coefficient (Wildman–Crippen LogP) is 1.34.